The lowest BCUT2D eigenvalue weighted by atomic mass is 9.75. The first-order chi connectivity index (χ1) is 10.3. The van der Waals surface area contributed by atoms with Gasteiger partial charge in [0.05, 0.1) is 13.1 Å². The highest BCUT2D eigenvalue weighted by Gasteiger charge is 2.52. The molecule has 4 N–H and O–H groups in total. The number of rotatable bonds is 11. The second-order valence-electron chi connectivity index (χ2n) is 5.41. The monoisotopic (exact) mass is 312 g/mol. The van der Waals surface area contributed by atoms with Crippen LogP contribution in [0.5, 0.6) is 0 Å². The topological polar surface area (TPSA) is 112 Å². The number of esters is 1. The molecular weight excluding hydrogens is 284 g/mol. The first-order valence-electron chi connectivity index (χ1n) is 7.67. The molecule has 6 nitrogen and oxygen atoms in total. The summed E-state index contributed by atoms with van der Waals surface area (Å²) in [6, 6.07) is 0. The van der Waals surface area contributed by atoms with Crippen molar-refractivity contribution in [3.05, 3.63) is 12.2 Å². The van der Waals surface area contributed by atoms with Crippen LogP contribution in [0.2, 0.25) is 0 Å². The summed E-state index contributed by atoms with van der Waals surface area (Å²) in [5, 5.41) is 0. The van der Waals surface area contributed by atoms with Crippen LogP contribution >= 0.6 is 0 Å². The van der Waals surface area contributed by atoms with Crippen molar-refractivity contribution in [1.29, 1.82) is 0 Å². The quantitative estimate of drug-likeness (QED) is 0.336. The minimum absolute atomic E-state index is 0.115. The van der Waals surface area contributed by atoms with E-state index in [0.29, 0.717) is 12.8 Å². The summed E-state index contributed by atoms with van der Waals surface area (Å²) in [7, 11) is 0. The molecule has 0 rings (SSSR count). The second kappa shape index (κ2) is 9.48. The Bertz CT molecular complexity index is 416. The largest absolute Gasteiger partial charge is 0.439 e. The summed E-state index contributed by atoms with van der Waals surface area (Å²) in [4.78, 5) is 36.9. The predicted octanol–water partition coefficient (Wildman–Crippen LogP) is 1.12. The van der Waals surface area contributed by atoms with Gasteiger partial charge in [0, 0.05) is 11.5 Å². The summed E-state index contributed by atoms with van der Waals surface area (Å²) >= 11 is 0. The molecule has 0 amide bonds. The van der Waals surface area contributed by atoms with Crippen molar-refractivity contribution in [2.45, 2.75) is 52.1 Å². The average molecular weight is 312 g/mol. The van der Waals surface area contributed by atoms with Crippen LogP contribution in [0.4, 0.5) is 0 Å². The molecule has 126 valence electrons. The molecule has 0 aromatic rings. The van der Waals surface area contributed by atoms with E-state index in [1.54, 1.807) is 0 Å². The van der Waals surface area contributed by atoms with Gasteiger partial charge in [0.2, 0.25) is 5.60 Å². The molecule has 0 aliphatic heterocycles. The molecule has 0 heterocycles. The van der Waals surface area contributed by atoms with Gasteiger partial charge in [0.15, 0.2) is 11.6 Å². The van der Waals surface area contributed by atoms with Crippen molar-refractivity contribution in [1.82, 2.24) is 0 Å². The van der Waals surface area contributed by atoms with Gasteiger partial charge < -0.3 is 16.2 Å². The van der Waals surface area contributed by atoms with Gasteiger partial charge in [-0.1, -0.05) is 33.3 Å². The molecule has 0 bridgehead atoms. The Morgan fingerprint density at radius 3 is 1.95 bits per heavy atom. The van der Waals surface area contributed by atoms with Gasteiger partial charge in [0.25, 0.3) is 0 Å². The van der Waals surface area contributed by atoms with Crippen LogP contribution in [0, 0.1) is 5.92 Å². The third kappa shape index (κ3) is 4.48. The third-order valence-corrected chi connectivity index (χ3v) is 3.78. The number of ether oxygens (including phenoxy) is 1. The summed E-state index contributed by atoms with van der Waals surface area (Å²) in [6.07, 6.45) is 2.78. The van der Waals surface area contributed by atoms with E-state index in [4.69, 9.17) is 16.2 Å². The number of nitrogens with two attached hydrogens (primary N) is 2. The van der Waals surface area contributed by atoms with E-state index in [-0.39, 0.29) is 5.57 Å². The van der Waals surface area contributed by atoms with Gasteiger partial charge in [0.1, 0.15) is 0 Å². The van der Waals surface area contributed by atoms with Gasteiger partial charge in [-0.15, -0.1) is 0 Å². The van der Waals surface area contributed by atoms with Crippen LogP contribution in [0.25, 0.3) is 0 Å². The van der Waals surface area contributed by atoms with E-state index in [1.165, 1.54) is 6.92 Å². The fourth-order valence-corrected chi connectivity index (χ4v) is 2.49. The fourth-order valence-electron chi connectivity index (χ4n) is 2.49. The molecule has 22 heavy (non-hydrogen) atoms. The lowest BCUT2D eigenvalue weighted by Gasteiger charge is -2.37. The number of carbonyl (C=O) groups excluding carboxylic acids is 3. The maximum absolute atomic E-state index is 12.4. The van der Waals surface area contributed by atoms with Crippen LogP contribution in [0.15, 0.2) is 12.2 Å². The molecule has 0 radical (unpaired) electrons. The number of carbonyl (C=O) groups is 3. The van der Waals surface area contributed by atoms with E-state index < -0.39 is 42.1 Å². The molecule has 0 aliphatic rings. The smallest absolute Gasteiger partial charge is 0.334 e. The fraction of sp³-hybridized carbons (Fsp3) is 0.688. The normalized spacial score (nSPS) is 12.6. The molecule has 6 heteroatoms. The first kappa shape index (κ1) is 20.5. The highest BCUT2D eigenvalue weighted by molar-refractivity contribution is 6.14. The van der Waals surface area contributed by atoms with Gasteiger partial charge in [-0.25, -0.2) is 4.79 Å². The van der Waals surface area contributed by atoms with E-state index in [1.807, 2.05) is 13.8 Å². The lowest BCUT2D eigenvalue weighted by Crippen LogP contribution is -2.59. The highest BCUT2D eigenvalue weighted by atomic mass is 16.6. The number of Topliss-reactive ketones (excluding diaryl/α,β-unsaturated/α-hetero) is 2. The van der Waals surface area contributed by atoms with Crippen molar-refractivity contribution in [3.63, 3.8) is 0 Å². The molecule has 1 atom stereocenters. The van der Waals surface area contributed by atoms with Gasteiger partial charge >= 0.3 is 5.97 Å². The Hall–Kier alpha value is -1.53. The molecule has 0 fully saturated rings. The summed E-state index contributed by atoms with van der Waals surface area (Å²) in [5.74, 6) is -2.44. The number of hydrogen-bond donors (Lipinski definition) is 2. The van der Waals surface area contributed by atoms with Gasteiger partial charge in [-0.05, 0) is 19.8 Å². The maximum Gasteiger partial charge on any atom is 0.334 e. The van der Waals surface area contributed by atoms with E-state index in [0.717, 1.165) is 12.8 Å². The minimum atomic E-state index is -1.90. The summed E-state index contributed by atoms with van der Waals surface area (Å²) in [5.41, 5.74) is 9.15. The van der Waals surface area contributed by atoms with E-state index in [9.17, 15) is 14.4 Å². The van der Waals surface area contributed by atoms with Crippen molar-refractivity contribution < 1.29 is 19.1 Å². The lowest BCUT2D eigenvalue weighted by molar-refractivity contribution is -0.176. The SMILES string of the molecule is C=C(C)C(=O)OC(C(=O)CN)(C(=O)CN)C(CC)CCCC. The van der Waals surface area contributed by atoms with Crippen LogP contribution in [0.3, 0.4) is 0 Å². The van der Waals surface area contributed by atoms with Gasteiger partial charge in [-0.2, -0.15) is 0 Å². The molecule has 0 saturated carbocycles. The molecular formula is C16H28N2O4. The van der Waals surface area contributed by atoms with Crippen molar-refractivity contribution >= 4 is 17.5 Å². The Labute approximate surface area is 132 Å². The average Bonchev–Trinajstić information content (AvgIpc) is 2.52. The predicted molar refractivity (Wildman–Crippen MR) is 85.1 cm³/mol. The molecule has 0 spiro atoms. The Balaban J connectivity index is 5.93. The minimum Gasteiger partial charge on any atom is -0.439 e. The summed E-state index contributed by atoms with van der Waals surface area (Å²) < 4.78 is 5.36. The van der Waals surface area contributed by atoms with E-state index >= 15 is 0 Å². The Kier molecular flexibility index (Phi) is 8.82. The maximum atomic E-state index is 12.4. The zero-order chi connectivity index (χ0) is 17.3. The van der Waals surface area contributed by atoms with Crippen molar-refractivity contribution in [2.24, 2.45) is 17.4 Å². The molecule has 0 aromatic carbocycles. The van der Waals surface area contributed by atoms with Crippen LogP contribution in [0.1, 0.15) is 46.5 Å². The zero-order valence-corrected chi connectivity index (χ0v) is 13.8. The van der Waals surface area contributed by atoms with Crippen molar-refractivity contribution in [3.8, 4) is 0 Å². The third-order valence-electron chi connectivity index (χ3n) is 3.78. The van der Waals surface area contributed by atoms with Crippen LogP contribution < -0.4 is 11.5 Å². The van der Waals surface area contributed by atoms with Gasteiger partial charge in [-0.3, -0.25) is 9.59 Å². The molecule has 1 unspecified atom stereocenters. The number of unbranched alkanes of at least 4 members (excludes halogenated alkanes) is 1. The van der Waals surface area contributed by atoms with Crippen molar-refractivity contribution in [2.75, 3.05) is 13.1 Å². The molecule has 0 aliphatic carbocycles. The first-order valence-corrected chi connectivity index (χ1v) is 7.67. The zero-order valence-electron chi connectivity index (χ0n) is 13.8. The van der Waals surface area contributed by atoms with Crippen LogP contribution in [-0.4, -0.2) is 36.2 Å². The molecule has 0 aromatic heterocycles. The highest BCUT2D eigenvalue weighted by Crippen LogP contribution is 2.32. The summed E-state index contributed by atoms with van der Waals surface area (Å²) in [6.45, 7) is 8.02. The standard InChI is InChI=1S/C16H28N2O4/c1-5-7-8-12(6-2)16(13(19)9-17,14(20)10-18)22-15(21)11(3)4/h12H,3,5-10,17-18H2,1-2,4H3. The van der Waals surface area contributed by atoms with Crippen LogP contribution in [-0.2, 0) is 19.1 Å². The second-order valence-corrected chi connectivity index (χ2v) is 5.41. The molecule has 0 saturated heterocycles. The Morgan fingerprint density at radius 1 is 1.14 bits per heavy atom. The van der Waals surface area contributed by atoms with E-state index in [2.05, 4.69) is 6.58 Å². The number of hydrogen-bond acceptors (Lipinski definition) is 6. The number of ketones is 2. The Morgan fingerprint density at radius 2 is 1.64 bits per heavy atom.